The predicted octanol–water partition coefficient (Wildman–Crippen LogP) is 5.02. The molecule has 3 aromatic carbocycles. The first-order chi connectivity index (χ1) is 17.5. The first-order valence-corrected chi connectivity index (χ1v) is 11.2. The van der Waals surface area contributed by atoms with Crippen LogP contribution in [0.4, 0.5) is 10.5 Å². The van der Waals surface area contributed by atoms with Gasteiger partial charge in [0.1, 0.15) is 23.4 Å². The Morgan fingerprint density at radius 3 is 2.17 bits per heavy atom. The van der Waals surface area contributed by atoms with E-state index in [1.54, 1.807) is 26.4 Å². The van der Waals surface area contributed by atoms with E-state index in [2.05, 4.69) is 5.32 Å². The van der Waals surface area contributed by atoms with Gasteiger partial charge in [-0.3, -0.25) is 5.32 Å². The fourth-order valence-corrected chi connectivity index (χ4v) is 4.14. The van der Waals surface area contributed by atoms with Gasteiger partial charge in [-0.1, -0.05) is 12.1 Å². The molecule has 1 heterocycles. The van der Waals surface area contributed by atoms with Gasteiger partial charge in [0.25, 0.3) is 0 Å². The SMILES string of the molecule is COc1cccc([C@@H]2Oc3ccc(OC)cc3C[C@H]2OC(=O)Nc2cc(OC)c(OC)c(OC)c2)c1. The normalized spacial score (nSPS) is 16.1. The van der Waals surface area contributed by atoms with Crippen LogP contribution in [0.15, 0.2) is 54.6 Å². The molecule has 1 aliphatic heterocycles. The van der Waals surface area contributed by atoms with Crippen LogP contribution in [-0.2, 0) is 11.2 Å². The maximum absolute atomic E-state index is 13.0. The van der Waals surface area contributed by atoms with Gasteiger partial charge in [0.05, 0.1) is 41.2 Å². The molecule has 0 fully saturated rings. The highest BCUT2D eigenvalue weighted by Gasteiger charge is 2.35. The number of carbonyl (C=O) groups excluding carboxylic acids is 1. The Labute approximate surface area is 209 Å². The quantitative estimate of drug-likeness (QED) is 0.466. The molecule has 0 unspecified atom stereocenters. The second-order valence-electron chi connectivity index (χ2n) is 7.98. The number of anilines is 1. The van der Waals surface area contributed by atoms with E-state index in [1.165, 1.54) is 21.3 Å². The minimum Gasteiger partial charge on any atom is -0.497 e. The number of nitrogens with one attached hydrogen (secondary N) is 1. The van der Waals surface area contributed by atoms with Crippen molar-refractivity contribution < 1.29 is 38.0 Å². The number of ether oxygens (including phenoxy) is 7. The van der Waals surface area contributed by atoms with E-state index < -0.39 is 18.3 Å². The number of rotatable bonds is 8. The summed E-state index contributed by atoms with van der Waals surface area (Å²) in [5.41, 5.74) is 2.12. The van der Waals surface area contributed by atoms with Crippen molar-refractivity contribution in [3.8, 4) is 34.5 Å². The van der Waals surface area contributed by atoms with Gasteiger partial charge in [-0.05, 0) is 35.9 Å². The van der Waals surface area contributed by atoms with E-state index in [-0.39, 0.29) is 0 Å². The Bertz CT molecular complexity index is 1200. The first kappa shape index (κ1) is 24.8. The number of amides is 1. The molecule has 3 aromatic rings. The minimum atomic E-state index is -0.655. The molecule has 2 atom stereocenters. The Balaban J connectivity index is 1.61. The number of carbonyl (C=O) groups is 1. The lowest BCUT2D eigenvalue weighted by Crippen LogP contribution is -2.36. The van der Waals surface area contributed by atoms with Crippen molar-refractivity contribution >= 4 is 11.8 Å². The van der Waals surface area contributed by atoms with Crippen LogP contribution in [0.25, 0.3) is 0 Å². The van der Waals surface area contributed by atoms with Gasteiger partial charge in [0.2, 0.25) is 5.75 Å². The third-order valence-corrected chi connectivity index (χ3v) is 5.87. The van der Waals surface area contributed by atoms with Crippen molar-refractivity contribution in [1.29, 1.82) is 0 Å². The molecule has 0 saturated heterocycles. The molecule has 1 N–H and O–H groups in total. The molecule has 9 nitrogen and oxygen atoms in total. The minimum absolute atomic E-state index is 0.406. The molecule has 0 spiro atoms. The zero-order valence-electron chi connectivity index (χ0n) is 20.8. The zero-order valence-corrected chi connectivity index (χ0v) is 20.8. The average Bonchev–Trinajstić information content (AvgIpc) is 2.91. The molecular weight excluding hydrogens is 466 g/mol. The average molecular weight is 496 g/mol. The molecule has 0 saturated carbocycles. The van der Waals surface area contributed by atoms with E-state index in [0.717, 1.165) is 11.1 Å². The van der Waals surface area contributed by atoms with Crippen molar-refractivity contribution in [2.45, 2.75) is 18.6 Å². The summed E-state index contributed by atoms with van der Waals surface area (Å²) in [6.07, 6.45) is -1.40. The van der Waals surface area contributed by atoms with Crippen LogP contribution >= 0.6 is 0 Å². The number of benzene rings is 3. The number of fused-ring (bicyclic) bond motifs is 1. The Morgan fingerprint density at radius 1 is 0.833 bits per heavy atom. The Morgan fingerprint density at radius 2 is 1.53 bits per heavy atom. The van der Waals surface area contributed by atoms with E-state index >= 15 is 0 Å². The molecule has 1 amide bonds. The second kappa shape index (κ2) is 11.0. The highest BCUT2D eigenvalue weighted by molar-refractivity contribution is 5.86. The summed E-state index contributed by atoms with van der Waals surface area (Å²) >= 11 is 0. The summed E-state index contributed by atoms with van der Waals surface area (Å²) in [4.78, 5) is 13.0. The van der Waals surface area contributed by atoms with Gasteiger partial charge in [-0.2, -0.15) is 0 Å². The number of hydrogen-bond acceptors (Lipinski definition) is 8. The van der Waals surface area contributed by atoms with Gasteiger partial charge in [0.15, 0.2) is 17.6 Å². The lowest BCUT2D eigenvalue weighted by Gasteiger charge is -2.33. The van der Waals surface area contributed by atoms with Crippen LogP contribution in [0.1, 0.15) is 17.2 Å². The van der Waals surface area contributed by atoms with Crippen molar-refractivity contribution in [3.63, 3.8) is 0 Å². The topological polar surface area (TPSA) is 93.7 Å². The van der Waals surface area contributed by atoms with Crippen LogP contribution in [0.2, 0.25) is 0 Å². The molecule has 36 heavy (non-hydrogen) atoms. The second-order valence-corrected chi connectivity index (χ2v) is 7.98. The van der Waals surface area contributed by atoms with E-state index in [0.29, 0.717) is 46.6 Å². The predicted molar refractivity (Wildman–Crippen MR) is 133 cm³/mol. The highest BCUT2D eigenvalue weighted by Crippen LogP contribution is 2.41. The molecule has 9 heteroatoms. The summed E-state index contributed by atoms with van der Waals surface area (Å²) in [6.45, 7) is 0. The van der Waals surface area contributed by atoms with Crippen molar-refractivity contribution in [2.75, 3.05) is 40.9 Å². The fraction of sp³-hybridized carbons (Fsp3) is 0.296. The van der Waals surface area contributed by atoms with Gasteiger partial charge >= 0.3 is 6.09 Å². The van der Waals surface area contributed by atoms with E-state index in [1.807, 2.05) is 42.5 Å². The standard InChI is InChI=1S/C27H29NO8/c1-30-19-8-6-7-16(11-19)25-24(13-17-12-20(31-2)9-10-21(17)35-25)36-27(29)28-18-14-22(32-3)26(34-5)23(15-18)33-4/h6-12,14-15,24-25H,13H2,1-5H3,(H,28,29)/t24-,25+/m1/s1. The van der Waals surface area contributed by atoms with Gasteiger partial charge in [0, 0.05) is 24.1 Å². The van der Waals surface area contributed by atoms with Crippen LogP contribution in [0.3, 0.4) is 0 Å². The van der Waals surface area contributed by atoms with Crippen LogP contribution in [0, 0.1) is 0 Å². The number of hydrogen-bond donors (Lipinski definition) is 1. The molecule has 0 aliphatic carbocycles. The van der Waals surface area contributed by atoms with Crippen LogP contribution in [0.5, 0.6) is 34.5 Å². The lowest BCUT2D eigenvalue weighted by molar-refractivity contribution is 0.00878. The first-order valence-electron chi connectivity index (χ1n) is 11.2. The number of methoxy groups -OCH3 is 5. The van der Waals surface area contributed by atoms with Gasteiger partial charge in [-0.15, -0.1) is 0 Å². The largest absolute Gasteiger partial charge is 0.497 e. The summed E-state index contributed by atoms with van der Waals surface area (Å²) in [5.74, 6) is 3.30. The monoisotopic (exact) mass is 495 g/mol. The third kappa shape index (κ3) is 5.19. The molecule has 0 bridgehead atoms. The Hall–Kier alpha value is -4.27. The smallest absolute Gasteiger partial charge is 0.412 e. The molecule has 4 rings (SSSR count). The van der Waals surface area contributed by atoms with Crippen LogP contribution < -0.4 is 33.7 Å². The molecular formula is C27H29NO8. The van der Waals surface area contributed by atoms with Gasteiger partial charge in [-0.25, -0.2) is 4.79 Å². The molecule has 0 aromatic heterocycles. The third-order valence-electron chi connectivity index (χ3n) is 5.87. The summed E-state index contributed by atoms with van der Waals surface area (Å²) in [7, 11) is 7.72. The molecule has 1 aliphatic rings. The molecule has 190 valence electrons. The maximum atomic E-state index is 13.0. The molecule has 0 radical (unpaired) electrons. The van der Waals surface area contributed by atoms with Crippen LogP contribution in [-0.4, -0.2) is 47.7 Å². The van der Waals surface area contributed by atoms with Crippen molar-refractivity contribution in [3.05, 3.63) is 65.7 Å². The summed E-state index contributed by atoms with van der Waals surface area (Å²) in [5, 5.41) is 2.75. The van der Waals surface area contributed by atoms with Crippen molar-refractivity contribution in [1.82, 2.24) is 0 Å². The maximum Gasteiger partial charge on any atom is 0.412 e. The lowest BCUT2D eigenvalue weighted by atomic mass is 9.94. The fourth-order valence-electron chi connectivity index (χ4n) is 4.14. The summed E-state index contributed by atoms with van der Waals surface area (Å²) < 4.78 is 39.0. The van der Waals surface area contributed by atoms with E-state index in [4.69, 9.17) is 33.2 Å². The highest BCUT2D eigenvalue weighted by atomic mass is 16.6. The van der Waals surface area contributed by atoms with Gasteiger partial charge < -0.3 is 33.2 Å². The van der Waals surface area contributed by atoms with Crippen molar-refractivity contribution in [2.24, 2.45) is 0 Å². The van der Waals surface area contributed by atoms with E-state index in [9.17, 15) is 4.79 Å². The zero-order chi connectivity index (χ0) is 25.7. The Kier molecular flexibility index (Phi) is 7.58. The summed E-state index contributed by atoms with van der Waals surface area (Å²) in [6, 6.07) is 16.3.